The van der Waals surface area contributed by atoms with Gasteiger partial charge in [0.05, 0.1) is 29.9 Å². The number of esters is 2. The molecule has 3 aromatic rings. The molecule has 5 rings (SSSR count). The van der Waals surface area contributed by atoms with Gasteiger partial charge in [0.2, 0.25) is 0 Å². The third-order valence-electron chi connectivity index (χ3n) is 8.14. The van der Waals surface area contributed by atoms with Crippen molar-refractivity contribution in [1.82, 2.24) is 0 Å². The number of nitrogens with one attached hydrogen (secondary N) is 2. The van der Waals surface area contributed by atoms with Gasteiger partial charge in [0.15, 0.2) is 6.29 Å². The van der Waals surface area contributed by atoms with E-state index >= 15 is 0 Å². The van der Waals surface area contributed by atoms with Crippen molar-refractivity contribution in [2.24, 2.45) is 0 Å². The number of hydrogen-bond donors (Lipinski definition) is 2. The first kappa shape index (κ1) is 31.6. The number of carbonyl (C=O) groups excluding carboxylic acids is 5. The van der Waals surface area contributed by atoms with Crippen molar-refractivity contribution in [2.45, 2.75) is 79.1 Å². The minimum absolute atomic E-state index is 0.0491. The summed E-state index contributed by atoms with van der Waals surface area (Å²) in [6, 6.07) is 1.52. The van der Waals surface area contributed by atoms with Crippen LogP contribution < -0.4 is 10.6 Å². The van der Waals surface area contributed by atoms with E-state index in [0.717, 1.165) is 72.2 Å². The van der Waals surface area contributed by atoms with Crippen molar-refractivity contribution in [3.05, 3.63) is 65.9 Å². The first-order valence-corrected chi connectivity index (χ1v) is 16.7. The van der Waals surface area contributed by atoms with Gasteiger partial charge in [0.1, 0.15) is 10.0 Å². The van der Waals surface area contributed by atoms with Crippen molar-refractivity contribution >= 4 is 62.7 Å². The number of amides is 2. The Morgan fingerprint density at radius 2 is 1.18 bits per heavy atom. The third-order valence-corrected chi connectivity index (χ3v) is 10.6. The Morgan fingerprint density at radius 3 is 1.64 bits per heavy atom. The van der Waals surface area contributed by atoms with Crippen LogP contribution in [0.25, 0.3) is 0 Å². The van der Waals surface area contributed by atoms with Gasteiger partial charge in [-0.3, -0.25) is 14.4 Å². The van der Waals surface area contributed by atoms with Crippen LogP contribution in [0, 0.1) is 13.8 Å². The average Bonchev–Trinajstić information content (AvgIpc) is 3.54. The number of ether oxygens (including phenoxy) is 2. The van der Waals surface area contributed by atoms with Gasteiger partial charge in [0, 0.05) is 20.9 Å². The lowest BCUT2D eigenvalue weighted by Gasteiger charge is -2.17. The number of fused-ring (bicyclic) bond motifs is 2. The van der Waals surface area contributed by atoms with Crippen LogP contribution in [0.5, 0.6) is 0 Å². The molecular formula is C33H36N2O7S2. The Labute approximate surface area is 264 Å². The van der Waals surface area contributed by atoms with Crippen LogP contribution in [0.4, 0.5) is 10.0 Å². The predicted molar refractivity (Wildman–Crippen MR) is 171 cm³/mol. The van der Waals surface area contributed by atoms with Crippen LogP contribution in [-0.4, -0.2) is 43.3 Å². The number of aldehydes is 1. The second-order valence-electron chi connectivity index (χ2n) is 11.0. The molecule has 0 saturated carbocycles. The second-order valence-corrected chi connectivity index (χ2v) is 13.2. The summed E-state index contributed by atoms with van der Waals surface area (Å²) in [6.45, 7) is 7.22. The molecule has 0 spiro atoms. The molecule has 2 amide bonds. The predicted octanol–water partition coefficient (Wildman–Crippen LogP) is 6.85. The van der Waals surface area contributed by atoms with E-state index in [1.807, 2.05) is 0 Å². The highest BCUT2D eigenvalue weighted by atomic mass is 32.1. The van der Waals surface area contributed by atoms with E-state index in [2.05, 4.69) is 10.6 Å². The molecule has 11 heteroatoms. The van der Waals surface area contributed by atoms with Crippen molar-refractivity contribution in [3.8, 4) is 0 Å². The van der Waals surface area contributed by atoms with Gasteiger partial charge in [-0.15, -0.1) is 22.7 Å². The minimum Gasteiger partial charge on any atom is -0.462 e. The smallest absolute Gasteiger partial charge is 0.341 e. The molecule has 44 heavy (non-hydrogen) atoms. The number of rotatable bonds is 9. The zero-order valence-corrected chi connectivity index (χ0v) is 27.0. The Balaban J connectivity index is 1.51. The largest absolute Gasteiger partial charge is 0.462 e. The van der Waals surface area contributed by atoms with Crippen LogP contribution in [-0.2, 0) is 35.2 Å². The average molecular weight is 637 g/mol. The molecule has 0 saturated heterocycles. The summed E-state index contributed by atoms with van der Waals surface area (Å²) in [5.74, 6) is -2.05. The Kier molecular flexibility index (Phi) is 9.65. The van der Waals surface area contributed by atoms with E-state index in [1.54, 1.807) is 27.7 Å². The molecule has 2 aromatic heterocycles. The molecule has 2 aliphatic rings. The quantitative estimate of drug-likeness (QED) is 0.194. The normalized spacial score (nSPS) is 13.8. The summed E-state index contributed by atoms with van der Waals surface area (Å²) >= 11 is 2.73. The van der Waals surface area contributed by atoms with Gasteiger partial charge in [-0.05, 0) is 107 Å². The fourth-order valence-electron chi connectivity index (χ4n) is 6.24. The van der Waals surface area contributed by atoms with E-state index in [-0.39, 0.29) is 29.9 Å². The standard InChI is InChI=1S/C33H36N2O7S2/c1-5-41-32(39)26-20-11-7-9-13-22(20)43-30(26)34-28(37)24-17(3)15-19(16-36)25(18(24)4)29(38)35-31-27(33(40)42-6-2)21-12-8-10-14-23(21)44-31/h15-16H,5-14H2,1-4H3,(H,34,37)(H,35,38). The highest BCUT2D eigenvalue weighted by Gasteiger charge is 2.31. The minimum atomic E-state index is -0.596. The van der Waals surface area contributed by atoms with Crippen LogP contribution in [0.2, 0.25) is 0 Å². The Bertz CT molecular complexity index is 1670. The van der Waals surface area contributed by atoms with Crippen LogP contribution in [0.1, 0.15) is 123 Å². The maximum Gasteiger partial charge on any atom is 0.341 e. The fourth-order valence-corrected chi connectivity index (χ4v) is 8.78. The number of aryl methyl sites for hydroxylation is 3. The van der Waals surface area contributed by atoms with Crippen LogP contribution in [0.3, 0.4) is 0 Å². The zero-order valence-electron chi connectivity index (χ0n) is 25.4. The molecule has 0 fully saturated rings. The van der Waals surface area contributed by atoms with Crippen molar-refractivity contribution in [1.29, 1.82) is 0 Å². The zero-order chi connectivity index (χ0) is 31.5. The van der Waals surface area contributed by atoms with Gasteiger partial charge in [-0.25, -0.2) is 9.59 Å². The topological polar surface area (TPSA) is 128 Å². The van der Waals surface area contributed by atoms with Crippen molar-refractivity contribution in [3.63, 3.8) is 0 Å². The SMILES string of the molecule is CCOC(=O)c1c(NC(=O)c2c(C)cc(C=O)c(C(=O)Nc3sc4c(c3C(=O)OCC)CCCC4)c2C)sc2c1CCCC2. The molecule has 1 aromatic carbocycles. The van der Waals surface area contributed by atoms with Crippen LogP contribution >= 0.6 is 22.7 Å². The lowest BCUT2D eigenvalue weighted by molar-refractivity contribution is 0.0516. The summed E-state index contributed by atoms with van der Waals surface area (Å²) < 4.78 is 10.6. The maximum absolute atomic E-state index is 13.8. The number of benzene rings is 1. The molecule has 2 N–H and O–H groups in total. The molecule has 0 aliphatic heterocycles. The van der Waals surface area contributed by atoms with Gasteiger partial charge < -0.3 is 20.1 Å². The second kappa shape index (κ2) is 13.4. The highest BCUT2D eigenvalue weighted by Crippen LogP contribution is 2.41. The molecule has 9 nitrogen and oxygen atoms in total. The number of thiophene rings is 2. The van der Waals surface area contributed by atoms with E-state index in [1.165, 1.54) is 28.7 Å². The Hall–Kier alpha value is -3.83. The molecule has 2 aliphatic carbocycles. The van der Waals surface area contributed by atoms with Crippen molar-refractivity contribution in [2.75, 3.05) is 23.8 Å². The first-order chi connectivity index (χ1) is 21.2. The number of carbonyl (C=O) groups is 5. The molecule has 232 valence electrons. The van der Waals surface area contributed by atoms with E-state index < -0.39 is 23.8 Å². The fraction of sp³-hybridized carbons (Fsp3) is 0.424. The van der Waals surface area contributed by atoms with Gasteiger partial charge >= 0.3 is 11.9 Å². The lowest BCUT2D eigenvalue weighted by atomic mass is 9.92. The summed E-state index contributed by atoms with van der Waals surface area (Å²) in [5.41, 5.74) is 3.84. The summed E-state index contributed by atoms with van der Waals surface area (Å²) in [6.07, 6.45) is 7.62. The highest BCUT2D eigenvalue weighted by molar-refractivity contribution is 7.17. The Morgan fingerprint density at radius 1 is 0.727 bits per heavy atom. The number of hydrogen-bond acceptors (Lipinski definition) is 9. The molecule has 0 unspecified atom stereocenters. The van der Waals surface area contributed by atoms with Crippen LogP contribution in [0.15, 0.2) is 6.07 Å². The molecule has 0 atom stereocenters. The lowest BCUT2D eigenvalue weighted by Crippen LogP contribution is -2.22. The maximum atomic E-state index is 13.8. The van der Waals surface area contributed by atoms with E-state index in [0.29, 0.717) is 38.5 Å². The monoisotopic (exact) mass is 636 g/mol. The summed E-state index contributed by atoms with van der Waals surface area (Å²) in [4.78, 5) is 67.9. The summed E-state index contributed by atoms with van der Waals surface area (Å²) in [7, 11) is 0. The molecule has 0 radical (unpaired) electrons. The van der Waals surface area contributed by atoms with E-state index in [9.17, 15) is 24.0 Å². The molecule has 2 heterocycles. The third kappa shape index (κ3) is 5.95. The molecule has 0 bridgehead atoms. The van der Waals surface area contributed by atoms with Gasteiger partial charge in [-0.2, -0.15) is 0 Å². The summed E-state index contributed by atoms with van der Waals surface area (Å²) in [5, 5.41) is 6.61. The molecular weight excluding hydrogens is 601 g/mol. The number of anilines is 2. The van der Waals surface area contributed by atoms with Crippen molar-refractivity contribution < 1.29 is 33.4 Å². The first-order valence-electron chi connectivity index (χ1n) is 15.0. The van der Waals surface area contributed by atoms with E-state index in [4.69, 9.17) is 9.47 Å². The van der Waals surface area contributed by atoms with Gasteiger partial charge in [0.25, 0.3) is 11.8 Å². The van der Waals surface area contributed by atoms with Gasteiger partial charge in [-0.1, -0.05) is 0 Å².